The maximum atomic E-state index is 5.40. The monoisotopic (exact) mass is 249 g/mol. The predicted molar refractivity (Wildman–Crippen MR) is 67.2 cm³/mol. The summed E-state index contributed by atoms with van der Waals surface area (Å²) in [5, 5.41) is 11.6. The minimum atomic E-state index is 0.427. The van der Waals surface area contributed by atoms with E-state index >= 15 is 0 Å². The second-order valence-electron chi connectivity index (χ2n) is 4.45. The molecule has 0 amide bonds. The molecule has 0 spiro atoms. The number of aryl methyl sites for hydroxylation is 1. The molecule has 5 heteroatoms. The molecule has 2 aromatic rings. The highest BCUT2D eigenvalue weighted by molar-refractivity contribution is 7.08. The van der Waals surface area contributed by atoms with Crippen LogP contribution in [0.4, 0.5) is 0 Å². The molecule has 0 bridgehead atoms. The molecule has 2 aromatic heterocycles. The maximum Gasteiger partial charge on any atom is 0.230 e. The Bertz CT molecular complexity index is 499. The van der Waals surface area contributed by atoms with Gasteiger partial charge in [-0.25, -0.2) is 0 Å². The van der Waals surface area contributed by atoms with Crippen LogP contribution < -0.4 is 5.32 Å². The first-order chi connectivity index (χ1) is 8.34. The van der Waals surface area contributed by atoms with Crippen molar-refractivity contribution in [1.82, 2.24) is 15.5 Å². The summed E-state index contributed by atoms with van der Waals surface area (Å²) in [6.45, 7) is 4.16. The standard InChI is InChI=1S/C12H15N3OS/c1-8-6-17-7-10(8)11-14-12(16-15-11)9-2-4-13-5-3-9/h6-7,9,13H,2-5H2,1H3. The van der Waals surface area contributed by atoms with E-state index in [2.05, 4.69) is 33.1 Å². The third kappa shape index (κ3) is 2.12. The van der Waals surface area contributed by atoms with E-state index in [0.717, 1.165) is 43.2 Å². The van der Waals surface area contributed by atoms with E-state index in [0.29, 0.717) is 5.92 Å². The van der Waals surface area contributed by atoms with Gasteiger partial charge in [-0.2, -0.15) is 16.3 Å². The van der Waals surface area contributed by atoms with Crippen molar-refractivity contribution in [1.29, 1.82) is 0 Å². The van der Waals surface area contributed by atoms with Crippen molar-refractivity contribution in [2.24, 2.45) is 0 Å². The molecule has 0 unspecified atom stereocenters. The van der Waals surface area contributed by atoms with Crippen LogP contribution in [-0.4, -0.2) is 23.2 Å². The molecule has 1 aliphatic heterocycles. The van der Waals surface area contributed by atoms with Crippen LogP contribution in [0, 0.1) is 6.92 Å². The average Bonchev–Trinajstić information content (AvgIpc) is 2.98. The number of rotatable bonds is 2. The van der Waals surface area contributed by atoms with Crippen molar-refractivity contribution in [2.75, 3.05) is 13.1 Å². The Labute approximate surface area is 104 Å². The maximum absolute atomic E-state index is 5.40. The molecule has 90 valence electrons. The summed E-state index contributed by atoms with van der Waals surface area (Å²) < 4.78 is 5.40. The third-order valence-electron chi connectivity index (χ3n) is 3.23. The number of piperidine rings is 1. The Balaban J connectivity index is 1.85. The van der Waals surface area contributed by atoms with E-state index in [1.807, 2.05) is 0 Å². The summed E-state index contributed by atoms with van der Waals surface area (Å²) in [7, 11) is 0. The molecule has 0 saturated carbocycles. The van der Waals surface area contributed by atoms with Gasteiger partial charge in [-0.1, -0.05) is 5.16 Å². The summed E-state index contributed by atoms with van der Waals surface area (Å²) in [5.41, 5.74) is 2.31. The number of nitrogens with one attached hydrogen (secondary N) is 1. The molecule has 17 heavy (non-hydrogen) atoms. The Morgan fingerprint density at radius 1 is 1.35 bits per heavy atom. The summed E-state index contributed by atoms with van der Waals surface area (Å²) in [4.78, 5) is 4.54. The van der Waals surface area contributed by atoms with Crippen molar-refractivity contribution in [3.8, 4) is 11.4 Å². The van der Waals surface area contributed by atoms with Crippen LogP contribution in [0.15, 0.2) is 15.3 Å². The molecular weight excluding hydrogens is 234 g/mol. The first-order valence-electron chi connectivity index (χ1n) is 5.92. The van der Waals surface area contributed by atoms with Crippen LogP contribution in [0.2, 0.25) is 0 Å². The Morgan fingerprint density at radius 3 is 2.88 bits per heavy atom. The molecule has 0 aliphatic carbocycles. The van der Waals surface area contributed by atoms with E-state index in [-0.39, 0.29) is 0 Å². The largest absolute Gasteiger partial charge is 0.339 e. The minimum Gasteiger partial charge on any atom is -0.339 e. The fourth-order valence-electron chi connectivity index (χ4n) is 2.17. The quantitative estimate of drug-likeness (QED) is 0.888. The van der Waals surface area contributed by atoms with Crippen molar-refractivity contribution < 1.29 is 4.52 Å². The lowest BCUT2D eigenvalue weighted by molar-refractivity contribution is 0.320. The number of aromatic nitrogens is 2. The SMILES string of the molecule is Cc1cscc1-c1noc(C2CCNCC2)n1. The Hall–Kier alpha value is -1.20. The number of thiophene rings is 1. The molecule has 1 saturated heterocycles. The molecule has 0 atom stereocenters. The molecule has 0 radical (unpaired) electrons. The second kappa shape index (κ2) is 4.58. The van der Waals surface area contributed by atoms with Gasteiger partial charge in [-0.15, -0.1) is 0 Å². The lowest BCUT2D eigenvalue weighted by atomic mass is 9.98. The first kappa shape index (κ1) is 10.9. The predicted octanol–water partition coefficient (Wildman–Crippen LogP) is 2.57. The van der Waals surface area contributed by atoms with Crippen molar-refractivity contribution in [3.05, 3.63) is 22.2 Å². The van der Waals surface area contributed by atoms with Gasteiger partial charge < -0.3 is 9.84 Å². The van der Waals surface area contributed by atoms with Crippen molar-refractivity contribution in [2.45, 2.75) is 25.7 Å². The summed E-state index contributed by atoms with van der Waals surface area (Å²) >= 11 is 1.67. The Kier molecular flexibility index (Phi) is 2.94. The van der Waals surface area contributed by atoms with Gasteiger partial charge in [-0.05, 0) is 43.8 Å². The number of hydrogen-bond donors (Lipinski definition) is 1. The van der Waals surface area contributed by atoms with Crippen LogP contribution >= 0.6 is 11.3 Å². The van der Waals surface area contributed by atoms with Crippen LogP contribution in [0.5, 0.6) is 0 Å². The number of hydrogen-bond acceptors (Lipinski definition) is 5. The van der Waals surface area contributed by atoms with Crippen molar-refractivity contribution >= 4 is 11.3 Å². The normalized spacial score (nSPS) is 17.5. The molecule has 3 heterocycles. The zero-order valence-electron chi connectivity index (χ0n) is 9.77. The van der Waals surface area contributed by atoms with Gasteiger partial charge in [0, 0.05) is 16.9 Å². The summed E-state index contributed by atoms with van der Waals surface area (Å²) in [6.07, 6.45) is 2.18. The van der Waals surface area contributed by atoms with E-state index < -0.39 is 0 Å². The van der Waals surface area contributed by atoms with Gasteiger partial charge >= 0.3 is 0 Å². The second-order valence-corrected chi connectivity index (χ2v) is 5.19. The van der Waals surface area contributed by atoms with Gasteiger partial charge in [0.05, 0.1) is 0 Å². The fraction of sp³-hybridized carbons (Fsp3) is 0.500. The highest BCUT2D eigenvalue weighted by Gasteiger charge is 2.22. The zero-order valence-corrected chi connectivity index (χ0v) is 10.6. The summed E-state index contributed by atoms with van der Waals surface area (Å²) in [6, 6.07) is 0. The molecule has 1 fully saturated rings. The van der Waals surface area contributed by atoms with Gasteiger partial charge in [0.15, 0.2) is 0 Å². The van der Waals surface area contributed by atoms with Crippen LogP contribution in [0.25, 0.3) is 11.4 Å². The zero-order chi connectivity index (χ0) is 11.7. The lowest BCUT2D eigenvalue weighted by Gasteiger charge is -2.18. The van der Waals surface area contributed by atoms with E-state index in [1.165, 1.54) is 5.56 Å². The first-order valence-corrected chi connectivity index (χ1v) is 6.86. The van der Waals surface area contributed by atoms with Crippen LogP contribution in [0.1, 0.15) is 30.2 Å². The molecule has 1 aliphatic rings. The van der Waals surface area contributed by atoms with E-state index in [1.54, 1.807) is 11.3 Å². The van der Waals surface area contributed by atoms with Crippen LogP contribution in [0.3, 0.4) is 0 Å². The van der Waals surface area contributed by atoms with Gasteiger partial charge in [0.1, 0.15) is 0 Å². The average molecular weight is 249 g/mol. The van der Waals surface area contributed by atoms with Gasteiger partial charge in [-0.3, -0.25) is 0 Å². The smallest absolute Gasteiger partial charge is 0.230 e. The van der Waals surface area contributed by atoms with Gasteiger partial charge in [0.25, 0.3) is 0 Å². The Morgan fingerprint density at radius 2 is 2.18 bits per heavy atom. The topological polar surface area (TPSA) is 51.0 Å². The highest BCUT2D eigenvalue weighted by Crippen LogP contribution is 2.28. The molecule has 1 N–H and O–H groups in total. The van der Waals surface area contributed by atoms with Gasteiger partial charge in [0.2, 0.25) is 11.7 Å². The van der Waals surface area contributed by atoms with E-state index in [4.69, 9.17) is 4.52 Å². The van der Waals surface area contributed by atoms with Crippen molar-refractivity contribution in [3.63, 3.8) is 0 Å². The molecule has 4 nitrogen and oxygen atoms in total. The van der Waals surface area contributed by atoms with E-state index in [9.17, 15) is 0 Å². The fourth-order valence-corrected chi connectivity index (χ4v) is 3.00. The van der Waals surface area contributed by atoms with Crippen LogP contribution in [-0.2, 0) is 0 Å². The number of nitrogens with zero attached hydrogens (tertiary/aromatic N) is 2. The highest BCUT2D eigenvalue weighted by atomic mass is 32.1. The summed E-state index contributed by atoms with van der Waals surface area (Å²) in [5.74, 6) is 1.96. The molecule has 0 aromatic carbocycles. The third-order valence-corrected chi connectivity index (χ3v) is 4.09. The molecule has 3 rings (SSSR count). The minimum absolute atomic E-state index is 0.427. The lowest BCUT2D eigenvalue weighted by Crippen LogP contribution is -2.26. The molecular formula is C12H15N3OS.